The van der Waals surface area contributed by atoms with Crippen LogP contribution in [0.3, 0.4) is 0 Å². The van der Waals surface area contributed by atoms with E-state index in [4.69, 9.17) is 18.9 Å². The van der Waals surface area contributed by atoms with Gasteiger partial charge in [-0.05, 0) is 32.1 Å². The van der Waals surface area contributed by atoms with E-state index in [1.54, 1.807) is 6.08 Å². The number of allylic oxidation sites excluding steroid dienone is 3. The van der Waals surface area contributed by atoms with Crippen molar-refractivity contribution in [1.29, 1.82) is 0 Å². The fourth-order valence-electron chi connectivity index (χ4n) is 12.5. The molecule has 87 heavy (non-hydrogen) atoms. The highest BCUT2D eigenvalue weighted by atomic mass is 16.7. The van der Waals surface area contributed by atoms with Crippen molar-refractivity contribution in [2.24, 2.45) is 0 Å². The molecule has 2 fully saturated rings. The van der Waals surface area contributed by atoms with Gasteiger partial charge in [0, 0.05) is 6.42 Å². The molecule has 0 bridgehead atoms. The molecule has 0 aromatic heterocycles. The fraction of sp³-hybridized carbons (Fsp3) is 0.932. The van der Waals surface area contributed by atoms with Crippen LogP contribution < -0.4 is 5.32 Å². The van der Waals surface area contributed by atoms with Crippen LogP contribution in [0, 0.1) is 0 Å². The third-order valence-corrected chi connectivity index (χ3v) is 18.4. The number of nitrogens with one attached hydrogen (secondary N) is 1. The molecule has 1 amide bonds. The Morgan fingerprint density at radius 2 is 0.736 bits per heavy atom. The van der Waals surface area contributed by atoms with Crippen LogP contribution in [0.4, 0.5) is 0 Å². The molecule has 12 unspecified atom stereocenters. The van der Waals surface area contributed by atoms with Crippen molar-refractivity contribution in [3.8, 4) is 0 Å². The summed E-state index contributed by atoms with van der Waals surface area (Å²) in [5.74, 6) is -0.241. The Balaban J connectivity index is 1.66. The molecule has 14 heteroatoms. The second kappa shape index (κ2) is 58.3. The summed E-state index contributed by atoms with van der Waals surface area (Å²) in [6.45, 7) is 2.84. The van der Waals surface area contributed by atoms with Gasteiger partial charge in [0.25, 0.3) is 0 Å². The molecule has 0 spiro atoms. The van der Waals surface area contributed by atoms with Crippen molar-refractivity contribution in [3.63, 3.8) is 0 Å². The molecule has 0 saturated carbocycles. The Bertz CT molecular complexity index is 1550. The van der Waals surface area contributed by atoms with E-state index in [9.17, 15) is 45.6 Å². The Morgan fingerprint density at radius 1 is 0.402 bits per heavy atom. The Hall–Kier alpha value is -1.53. The van der Waals surface area contributed by atoms with Gasteiger partial charge >= 0.3 is 0 Å². The maximum atomic E-state index is 13.3. The molecule has 0 aliphatic carbocycles. The topological polar surface area (TPSA) is 228 Å². The first-order valence-electron chi connectivity index (χ1n) is 37.1. The van der Waals surface area contributed by atoms with Gasteiger partial charge in [-0.15, -0.1) is 0 Å². The van der Waals surface area contributed by atoms with Crippen LogP contribution in [0.15, 0.2) is 24.3 Å². The number of hydrogen-bond donors (Lipinski definition) is 9. The van der Waals surface area contributed by atoms with Crippen molar-refractivity contribution in [1.82, 2.24) is 5.32 Å². The number of carbonyl (C=O) groups excluding carboxylic acids is 1. The van der Waals surface area contributed by atoms with Crippen molar-refractivity contribution < 1.29 is 64.6 Å². The van der Waals surface area contributed by atoms with Crippen LogP contribution in [-0.2, 0) is 23.7 Å². The van der Waals surface area contributed by atoms with E-state index in [0.717, 1.165) is 32.1 Å². The van der Waals surface area contributed by atoms with Crippen molar-refractivity contribution >= 4 is 5.91 Å². The highest BCUT2D eigenvalue weighted by Crippen LogP contribution is 2.30. The first-order valence-corrected chi connectivity index (χ1v) is 37.1. The summed E-state index contributed by atoms with van der Waals surface area (Å²) in [6.07, 6.45) is 56.8. The maximum Gasteiger partial charge on any atom is 0.220 e. The Kier molecular flexibility index (Phi) is 54.7. The zero-order valence-electron chi connectivity index (χ0n) is 56.0. The predicted molar refractivity (Wildman–Crippen MR) is 355 cm³/mol. The van der Waals surface area contributed by atoms with Crippen LogP contribution >= 0.6 is 0 Å². The second-order valence-corrected chi connectivity index (χ2v) is 26.4. The molecule has 514 valence electrons. The third-order valence-electron chi connectivity index (χ3n) is 18.4. The van der Waals surface area contributed by atoms with Crippen molar-refractivity contribution in [2.45, 2.75) is 415 Å². The quantitative estimate of drug-likeness (QED) is 0.0204. The highest BCUT2D eigenvalue weighted by Gasteiger charge is 2.51. The minimum Gasteiger partial charge on any atom is -0.394 e. The van der Waals surface area contributed by atoms with Gasteiger partial charge in [-0.1, -0.05) is 327 Å². The molecule has 2 heterocycles. The molecule has 2 aliphatic heterocycles. The SMILES string of the molecule is CCCCCCCCCCCCCCCCCCCCCCCCCCCC/C=C/CC/C=C/C(O)C(COC1OC(CO)C(OC2OC(CO)C(O)C(O)C2O)C(O)C1O)NC(=O)CCCCCCCCCCCCCCCCCCCCCCC. The summed E-state index contributed by atoms with van der Waals surface area (Å²) >= 11 is 0. The van der Waals surface area contributed by atoms with Crippen molar-refractivity contribution in [2.75, 3.05) is 19.8 Å². The lowest BCUT2D eigenvalue weighted by Gasteiger charge is -2.46. The van der Waals surface area contributed by atoms with Gasteiger partial charge in [-0.3, -0.25) is 4.79 Å². The Morgan fingerprint density at radius 3 is 1.13 bits per heavy atom. The number of carbonyl (C=O) groups is 1. The fourth-order valence-corrected chi connectivity index (χ4v) is 12.5. The summed E-state index contributed by atoms with van der Waals surface area (Å²) in [4.78, 5) is 13.3. The zero-order chi connectivity index (χ0) is 63.1. The van der Waals surface area contributed by atoms with Gasteiger partial charge in [0.15, 0.2) is 12.6 Å². The van der Waals surface area contributed by atoms with E-state index in [1.165, 1.54) is 276 Å². The molecule has 12 atom stereocenters. The minimum absolute atomic E-state index is 0.241. The van der Waals surface area contributed by atoms with E-state index in [-0.39, 0.29) is 18.9 Å². The second-order valence-electron chi connectivity index (χ2n) is 26.4. The maximum absolute atomic E-state index is 13.3. The van der Waals surface area contributed by atoms with Crippen molar-refractivity contribution in [3.05, 3.63) is 24.3 Å². The average Bonchev–Trinajstić information content (AvgIpc) is 1.64. The molecule has 0 radical (unpaired) electrons. The summed E-state index contributed by atoms with van der Waals surface area (Å²) in [6, 6.07) is -0.929. The summed E-state index contributed by atoms with van der Waals surface area (Å²) in [5, 5.41) is 87.5. The molecule has 2 rings (SSSR count). The number of aliphatic hydroxyl groups excluding tert-OH is 8. The number of hydrogen-bond acceptors (Lipinski definition) is 13. The predicted octanol–water partition coefficient (Wildman–Crippen LogP) is 15.5. The third kappa shape index (κ3) is 42.4. The monoisotopic (exact) mass is 1240 g/mol. The van der Waals surface area contributed by atoms with Gasteiger partial charge in [0.1, 0.15) is 48.8 Å². The van der Waals surface area contributed by atoms with E-state index in [1.807, 2.05) is 6.08 Å². The van der Waals surface area contributed by atoms with Gasteiger partial charge in [0.05, 0.1) is 32.0 Å². The minimum atomic E-state index is -1.79. The summed E-state index contributed by atoms with van der Waals surface area (Å²) in [5.41, 5.74) is 0. The van der Waals surface area contributed by atoms with Gasteiger partial charge in [-0.25, -0.2) is 0 Å². The number of unbranched alkanes of at least 4 members (excludes halogenated alkanes) is 47. The van der Waals surface area contributed by atoms with E-state index >= 15 is 0 Å². The number of amides is 1. The van der Waals surface area contributed by atoms with E-state index < -0.39 is 86.8 Å². The van der Waals surface area contributed by atoms with Crippen LogP contribution in [0.1, 0.15) is 341 Å². The number of ether oxygens (including phenoxy) is 4. The molecule has 14 nitrogen and oxygen atoms in total. The Labute approximate surface area is 532 Å². The molecule has 0 aromatic carbocycles. The molecule has 0 aromatic rings. The smallest absolute Gasteiger partial charge is 0.220 e. The molecular weight excluding hydrogens is 1100 g/mol. The summed E-state index contributed by atoms with van der Waals surface area (Å²) in [7, 11) is 0. The highest BCUT2D eigenvalue weighted by molar-refractivity contribution is 5.76. The lowest BCUT2D eigenvalue weighted by Crippen LogP contribution is -2.65. The molecular formula is C73H139NO13. The molecule has 2 aliphatic rings. The first-order chi connectivity index (χ1) is 42.6. The van der Waals surface area contributed by atoms with E-state index in [0.29, 0.717) is 12.8 Å². The summed E-state index contributed by atoms with van der Waals surface area (Å²) < 4.78 is 22.9. The largest absolute Gasteiger partial charge is 0.394 e. The first kappa shape index (κ1) is 81.6. The van der Waals surface area contributed by atoms with Crippen LogP contribution in [0.25, 0.3) is 0 Å². The average molecular weight is 1240 g/mol. The van der Waals surface area contributed by atoms with Gasteiger partial charge in [0.2, 0.25) is 5.91 Å². The zero-order valence-corrected chi connectivity index (χ0v) is 56.0. The number of aliphatic hydroxyl groups is 8. The standard InChI is InChI=1S/C73H139NO13/c1-3-5-7-9-11-13-15-17-19-21-23-25-26-27-28-29-30-31-32-33-34-35-37-38-40-42-44-46-48-50-52-54-56-62(77)61(60-84-72-70(83)68(81)71(64(59-76)86-72)87-73-69(82)67(80)66(79)63(58-75)85-73)74-65(78)57-55-53-51-49-47-45-43-41-39-36-24-22-20-18-16-14-12-10-8-6-4-2/h46,48,54,56,61-64,66-73,75-77,79-83H,3-45,47,49-53,55,57-60H2,1-2H3,(H,74,78)/b48-46+,56-54+. The van der Waals surface area contributed by atoms with Gasteiger partial charge < -0.3 is 65.1 Å². The molecule has 2 saturated heterocycles. The van der Waals surface area contributed by atoms with E-state index in [2.05, 4.69) is 31.3 Å². The van der Waals surface area contributed by atoms with Crippen LogP contribution in [0.5, 0.6) is 0 Å². The number of rotatable bonds is 62. The van der Waals surface area contributed by atoms with Gasteiger partial charge in [-0.2, -0.15) is 0 Å². The van der Waals surface area contributed by atoms with Crippen LogP contribution in [-0.4, -0.2) is 140 Å². The lowest BCUT2D eigenvalue weighted by atomic mass is 9.97. The van der Waals surface area contributed by atoms with Crippen LogP contribution in [0.2, 0.25) is 0 Å². The molecule has 9 N–H and O–H groups in total. The normalized spacial score (nSPS) is 23.3. The lowest BCUT2D eigenvalue weighted by molar-refractivity contribution is -0.359.